The molecule has 0 aliphatic rings. The predicted molar refractivity (Wildman–Crippen MR) is 95.8 cm³/mol. The summed E-state index contributed by atoms with van der Waals surface area (Å²) in [5, 5.41) is 24.2. The van der Waals surface area contributed by atoms with Crippen molar-refractivity contribution in [3.05, 3.63) is 29.3 Å². The van der Waals surface area contributed by atoms with Crippen molar-refractivity contribution in [2.75, 3.05) is 13.1 Å². The highest BCUT2D eigenvalue weighted by atomic mass is 35.5. The van der Waals surface area contributed by atoms with Crippen molar-refractivity contribution in [3.63, 3.8) is 0 Å². The van der Waals surface area contributed by atoms with Gasteiger partial charge in [0.15, 0.2) is 0 Å². The highest BCUT2D eigenvalue weighted by Gasteiger charge is 2.26. The number of carboxylic acid groups (broad SMARTS) is 1. The molecule has 0 spiro atoms. The number of halogens is 1. The number of rotatable bonds is 8. The van der Waals surface area contributed by atoms with Gasteiger partial charge in [0.2, 0.25) is 17.6 Å². The molecule has 0 saturated heterocycles. The van der Waals surface area contributed by atoms with E-state index in [4.69, 9.17) is 11.6 Å². The average Bonchev–Trinajstić information content (AvgIpc) is 3.06. The molecule has 2 aromatic rings. The second-order valence-corrected chi connectivity index (χ2v) is 6.17. The topological polar surface area (TPSA) is 130 Å². The quantitative estimate of drug-likeness (QED) is 0.663. The minimum absolute atomic E-state index is 0.0462. The van der Waals surface area contributed by atoms with E-state index in [1.165, 1.54) is 13.8 Å². The number of nitrogens with one attached hydrogen (secondary N) is 1. The van der Waals surface area contributed by atoms with Gasteiger partial charge < -0.3 is 15.3 Å². The third kappa shape index (κ3) is 5.74. The summed E-state index contributed by atoms with van der Waals surface area (Å²) in [5.74, 6) is -1.61. The zero-order valence-corrected chi connectivity index (χ0v) is 15.5. The maximum Gasteiger partial charge on any atom is 0.326 e. The molecule has 1 unspecified atom stereocenters. The first-order valence-corrected chi connectivity index (χ1v) is 8.46. The molecule has 10 nitrogen and oxygen atoms in total. The van der Waals surface area contributed by atoms with Gasteiger partial charge in [-0.05, 0) is 36.4 Å². The summed E-state index contributed by atoms with van der Waals surface area (Å²) in [6, 6.07) is 5.74. The molecule has 1 heterocycles. The van der Waals surface area contributed by atoms with E-state index in [-0.39, 0.29) is 25.5 Å². The molecule has 2 amide bonds. The van der Waals surface area contributed by atoms with Gasteiger partial charge in [0.05, 0.1) is 0 Å². The number of benzene rings is 1. The fraction of sp³-hybridized carbons (Fsp3) is 0.375. The fourth-order valence-electron chi connectivity index (χ4n) is 2.26. The highest BCUT2D eigenvalue weighted by molar-refractivity contribution is 6.30. The number of carboxylic acids is 1. The van der Waals surface area contributed by atoms with Crippen LogP contribution in [0.3, 0.4) is 0 Å². The zero-order chi connectivity index (χ0) is 20.0. The first-order chi connectivity index (χ1) is 12.8. The standard InChI is InChI=1S/C16H19ClN6O4/c1-10(16(26)27)22(8-7-18-11(2)24)14(25)9-23-20-15(19-21-23)12-3-5-13(17)6-4-12/h3-6,10H,7-9H2,1-2H3,(H,18,24)(H,26,27). The van der Waals surface area contributed by atoms with Gasteiger partial charge in [-0.1, -0.05) is 11.6 Å². The number of aliphatic carboxylic acids is 1. The van der Waals surface area contributed by atoms with E-state index in [1.807, 2.05) is 0 Å². The molecule has 0 saturated carbocycles. The van der Waals surface area contributed by atoms with Crippen LogP contribution in [0.1, 0.15) is 13.8 Å². The van der Waals surface area contributed by atoms with Gasteiger partial charge in [-0.25, -0.2) is 4.79 Å². The Morgan fingerprint density at radius 2 is 1.96 bits per heavy atom. The molecule has 0 aliphatic carbocycles. The van der Waals surface area contributed by atoms with Gasteiger partial charge >= 0.3 is 5.97 Å². The van der Waals surface area contributed by atoms with Crippen LogP contribution in [0, 0.1) is 0 Å². The molecule has 11 heteroatoms. The molecular weight excluding hydrogens is 376 g/mol. The Balaban J connectivity index is 2.08. The Morgan fingerprint density at radius 1 is 1.30 bits per heavy atom. The first kappa shape index (κ1) is 20.3. The molecule has 1 aromatic carbocycles. The number of carbonyl (C=O) groups is 3. The monoisotopic (exact) mass is 394 g/mol. The van der Waals surface area contributed by atoms with E-state index in [0.717, 1.165) is 9.70 Å². The van der Waals surface area contributed by atoms with Gasteiger partial charge in [-0.3, -0.25) is 9.59 Å². The van der Waals surface area contributed by atoms with Crippen molar-refractivity contribution in [1.29, 1.82) is 0 Å². The Hall–Kier alpha value is -3.01. The number of tetrazole rings is 1. The van der Waals surface area contributed by atoms with Gasteiger partial charge in [0.1, 0.15) is 12.6 Å². The number of aromatic nitrogens is 4. The Morgan fingerprint density at radius 3 is 2.56 bits per heavy atom. The summed E-state index contributed by atoms with van der Waals surface area (Å²) in [7, 11) is 0. The number of carbonyl (C=O) groups excluding carboxylic acids is 2. The van der Waals surface area contributed by atoms with Crippen LogP contribution in [0.5, 0.6) is 0 Å². The van der Waals surface area contributed by atoms with Crippen molar-refractivity contribution < 1.29 is 19.5 Å². The molecule has 2 rings (SSSR count). The lowest BCUT2D eigenvalue weighted by molar-refractivity contribution is -0.149. The normalized spacial score (nSPS) is 11.7. The van der Waals surface area contributed by atoms with Crippen LogP contribution in [0.15, 0.2) is 24.3 Å². The summed E-state index contributed by atoms with van der Waals surface area (Å²) < 4.78 is 0. The van der Waals surface area contributed by atoms with Crippen LogP contribution in [0.2, 0.25) is 5.02 Å². The SMILES string of the molecule is CC(=O)NCCN(C(=O)Cn1nnc(-c2ccc(Cl)cc2)n1)C(C)C(=O)O. The molecule has 2 N–H and O–H groups in total. The lowest BCUT2D eigenvalue weighted by Crippen LogP contribution is -2.48. The van der Waals surface area contributed by atoms with Crippen LogP contribution in [0.4, 0.5) is 0 Å². The van der Waals surface area contributed by atoms with E-state index < -0.39 is 17.9 Å². The predicted octanol–water partition coefficient (Wildman–Crippen LogP) is 0.431. The van der Waals surface area contributed by atoms with Crippen LogP contribution in [-0.2, 0) is 20.9 Å². The Labute approximate surface area is 160 Å². The molecule has 1 aromatic heterocycles. The summed E-state index contributed by atoms with van der Waals surface area (Å²) in [6.45, 7) is 2.63. The lowest BCUT2D eigenvalue weighted by Gasteiger charge is -2.26. The maximum atomic E-state index is 12.5. The highest BCUT2D eigenvalue weighted by Crippen LogP contribution is 2.17. The maximum absolute atomic E-state index is 12.5. The number of hydrogen-bond donors (Lipinski definition) is 2. The minimum atomic E-state index is -1.15. The summed E-state index contributed by atoms with van der Waals surface area (Å²) in [6.07, 6.45) is 0. The third-order valence-corrected chi connectivity index (χ3v) is 3.96. The average molecular weight is 395 g/mol. The summed E-state index contributed by atoms with van der Waals surface area (Å²) in [5.41, 5.74) is 0.680. The van der Waals surface area contributed by atoms with Crippen LogP contribution in [-0.4, -0.2) is 67.1 Å². The number of amides is 2. The summed E-state index contributed by atoms with van der Waals surface area (Å²) >= 11 is 5.84. The van der Waals surface area contributed by atoms with Crippen molar-refractivity contribution in [3.8, 4) is 11.4 Å². The fourth-order valence-corrected chi connectivity index (χ4v) is 2.38. The van der Waals surface area contributed by atoms with Crippen molar-refractivity contribution >= 4 is 29.4 Å². The summed E-state index contributed by atoms with van der Waals surface area (Å²) in [4.78, 5) is 37.0. The largest absolute Gasteiger partial charge is 0.480 e. The van der Waals surface area contributed by atoms with Crippen LogP contribution < -0.4 is 5.32 Å². The second-order valence-electron chi connectivity index (χ2n) is 5.73. The van der Waals surface area contributed by atoms with Gasteiger partial charge in [-0.15, -0.1) is 10.2 Å². The smallest absolute Gasteiger partial charge is 0.326 e. The molecule has 0 aliphatic heterocycles. The molecule has 27 heavy (non-hydrogen) atoms. The lowest BCUT2D eigenvalue weighted by atomic mass is 10.2. The molecular formula is C16H19ClN6O4. The molecule has 144 valence electrons. The van der Waals surface area contributed by atoms with Crippen molar-refractivity contribution in [2.45, 2.75) is 26.4 Å². The van der Waals surface area contributed by atoms with Gasteiger partial charge in [0, 0.05) is 30.6 Å². The molecule has 0 bridgehead atoms. The van der Waals surface area contributed by atoms with Gasteiger partial charge in [-0.2, -0.15) is 4.80 Å². The Bertz CT molecular complexity index is 823. The second kappa shape index (κ2) is 9.08. The van der Waals surface area contributed by atoms with E-state index in [1.54, 1.807) is 24.3 Å². The first-order valence-electron chi connectivity index (χ1n) is 8.08. The molecule has 0 fully saturated rings. The zero-order valence-electron chi connectivity index (χ0n) is 14.8. The van der Waals surface area contributed by atoms with E-state index in [0.29, 0.717) is 16.4 Å². The van der Waals surface area contributed by atoms with Crippen LogP contribution >= 0.6 is 11.6 Å². The van der Waals surface area contributed by atoms with Crippen molar-refractivity contribution in [2.24, 2.45) is 0 Å². The molecule has 1 atom stereocenters. The Kier molecular flexibility index (Phi) is 6.83. The van der Waals surface area contributed by atoms with Gasteiger partial charge in [0.25, 0.3) is 0 Å². The van der Waals surface area contributed by atoms with E-state index in [2.05, 4.69) is 20.7 Å². The third-order valence-electron chi connectivity index (χ3n) is 3.70. The van der Waals surface area contributed by atoms with Crippen molar-refractivity contribution in [1.82, 2.24) is 30.4 Å². The van der Waals surface area contributed by atoms with E-state index in [9.17, 15) is 19.5 Å². The number of hydrogen-bond acceptors (Lipinski definition) is 6. The van der Waals surface area contributed by atoms with E-state index >= 15 is 0 Å². The minimum Gasteiger partial charge on any atom is -0.480 e. The van der Waals surface area contributed by atoms with Crippen LogP contribution in [0.25, 0.3) is 11.4 Å². The number of nitrogens with zero attached hydrogens (tertiary/aromatic N) is 5. The molecule has 0 radical (unpaired) electrons.